The number of hydrogen-bond donors (Lipinski definition) is 0. The van der Waals surface area contributed by atoms with Crippen LogP contribution in [0.4, 0.5) is 10.1 Å². The summed E-state index contributed by atoms with van der Waals surface area (Å²) in [5.41, 5.74) is 1.21. The van der Waals surface area contributed by atoms with Crippen LogP contribution in [0.5, 0.6) is 5.75 Å². The number of rotatable bonds is 7. The van der Waals surface area contributed by atoms with Crippen molar-refractivity contribution >= 4 is 21.4 Å². The summed E-state index contributed by atoms with van der Waals surface area (Å²) < 4.78 is 47.6. The molecule has 2 aromatic carbocycles. The Labute approximate surface area is 184 Å². The Kier molecular flexibility index (Phi) is 6.22. The van der Waals surface area contributed by atoms with Crippen molar-refractivity contribution in [1.82, 2.24) is 10.1 Å². The van der Waals surface area contributed by atoms with Gasteiger partial charge in [-0.1, -0.05) is 5.16 Å². The van der Waals surface area contributed by atoms with E-state index in [9.17, 15) is 17.6 Å². The minimum absolute atomic E-state index is 0.0578. The fourth-order valence-corrected chi connectivity index (χ4v) is 5.39. The van der Waals surface area contributed by atoms with Crippen LogP contribution in [0.3, 0.4) is 0 Å². The third-order valence-electron chi connectivity index (χ3n) is 5.32. The van der Waals surface area contributed by atoms with Crippen LogP contribution in [-0.2, 0) is 21.1 Å². The second-order valence-electron chi connectivity index (χ2n) is 7.54. The Balaban J connectivity index is 1.49. The standard InChI is InChI=1S/C22H22FN3O5S/c1-30-19-8-6-17(7-9-19)26(18-12-13-32(28,29)14-18)21(27)11-10-20-24-22(25-31-20)15-2-4-16(23)5-3-15/h2-9,18H,10-14H2,1H3/t18-/m1/s1. The average molecular weight is 459 g/mol. The average Bonchev–Trinajstić information content (AvgIpc) is 3.40. The molecule has 10 heteroatoms. The number of aromatic nitrogens is 2. The van der Waals surface area contributed by atoms with Crippen LogP contribution in [0, 0.1) is 5.82 Å². The number of carbonyl (C=O) groups is 1. The van der Waals surface area contributed by atoms with Gasteiger partial charge >= 0.3 is 0 Å². The van der Waals surface area contributed by atoms with Gasteiger partial charge in [0.2, 0.25) is 17.6 Å². The summed E-state index contributed by atoms with van der Waals surface area (Å²) in [6, 6.07) is 12.2. The second kappa shape index (κ2) is 9.07. The summed E-state index contributed by atoms with van der Waals surface area (Å²) in [7, 11) is -1.63. The molecule has 8 nitrogen and oxygen atoms in total. The molecule has 0 spiro atoms. The molecule has 0 N–H and O–H groups in total. The van der Waals surface area contributed by atoms with Gasteiger partial charge in [0, 0.05) is 24.1 Å². The van der Waals surface area contributed by atoms with E-state index in [-0.39, 0.29) is 42.0 Å². The first-order chi connectivity index (χ1) is 15.3. The summed E-state index contributed by atoms with van der Waals surface area (Å²) in [6.07, 6.45) is 0.641. The maximum atomic E-state index is 13.2. The van der Waals surface area contributed by atoms with Crippen LogP contribution in [-0.4, -0.2) is 49.1 Å². The second-order valence-corrected chi connectivity index (χ2v) is 9.77. The van der Waals surface area contributed by atoms with E-state index in [2.05, 4.69) is 10.1 Å². The molecule has 32 heavy (non-hydrogen) atoms. The van der Waals surface area contributed by atoms with Crippen LogP contribution in [0.1, 0.15) is 18.7 Å². The van der Waals surface area contributed by atoms with Gasteiger partial charge in [-0.25, -0.2) is 12.8 Å². The Morgan fingerprint density at radius 3 is 2.53 bits per heavy atom. The zero-order chi connectivity index (χ0) is 22.7. The normalized spacial score (nSPS) is 17.2. The molecule has 1 aliphatic rings. The predicted molar refractivity (Wildman–Crippen MR) is 116 cm³/mol. The zero-order valence-corrected chi connectivity index (χ0v) is 18.2. The monoisotopic (exact) mass is 459 g/mol. The van der Waals surface area contributed by atoms with Crippen molar-refractivity contribution in [1.29, 1.82) is 0 Å². The van der Waals surface area contributed by atoms with Crippen molar-refractivity contribution in [3.8, 4) is 17.1 Å². The Morgan fingerprint density at radius 1 is 1.19 bits per heavy atom. The number of hydrogen-bond acceptors (Lipinski definition) is 7. The van der Waals surface area contributed by atoms with Gasteiger partial charge in [-0.2, -0.15) is 4.98 Å². The molecule has 3 aromatic rings. The highest BCUT2D eigenvalue weighted by molar-refractivity contribution is 7.91. The molecule has 0 saturated carbocycles. The largest absolute Gasteiger partial charge is 0.497 e. The predicted octanol–water partition coefficient (Wildman–Crippen LogP) is 3.04. The van der Waals surface area contributed by atoms with E-state index in [0.717, 1.165) is 0 Å². The molecule has 1 fully saturated rings. The molecule has 2 heterocycles. The van der Waals surface area contributed by atoms with E-state index >= 15 is 0 Å². The smallest absolute Gasteiger partial charge is 0.227 e. The third-order valence-corrected chi connectivity index (χ3v) is 7.07. The molecular formula is C22H22FN3O5S. The lowest BCUT2D eigenvalue weighted by Crippen LogP contribution is -2.41. The van der Waals surface area contributed by atoms with Crippen molar-refractivity contribution in [3.05, 3.63) is 60.2 Å². The first kappa shape index (κ1) is 21.9. The molecule has 1 saturated heterocycles. The van der Waals surface area contributed by atoms with Crippen molar-refractivity contribution in [2.45, 2.75) is 25.3 Å². The van der Waals surface area contributed by atoms with Gasteiger partial charge in [0.05, 0.1) is 24.7 Å². The van der Waals surface area contributed by atoms with Crippen LogP contribution in [0.25, 0.3) is 11.4 Å². The minimum atomic E-state index is -3.18. The number of halogens is 1. The Bertz CT molecular complexity index is 1190. The topological polar surface area (TPSA) is 103 Å². The number of benzene rings is 2. The van der Waals surface area contributed by atoms with Crippen molar-refractivity contribution in [3.63, 3.8) is 0 Å². The molecule has 168 valence electrons. The Morgan fingerprint density at radius 2 is 1.91 bits per heavy atom. The van der Waals surface area contributed by atoms with E-state index in [1.54, 1.807) is 48.4 Å². The number of amides is 1. The van der Waals surface area contributed by atoms with Gasteiger partial charge in [-0.15, -0.1) is 0 Å². The molecule has 4 rings (SSSR count). The summed E-state index contributed by atoms with van der Waals surface area (Å²) in [6.45, 7) is 0. The van der Waals surface area contributed by atoms with E-state index in [1.807, 2.05) is 0 Å². The molecule has 0 aliphatic carbocycles. The fraction of sp³-hybridized carbons (Fsp3) is 0.318. The molecule has 0 unspecified atom stereocenters. The van der Waals surface area contributed by atoms with Crippen LogP contribution < -0.4 is 9.64 Å². The summed E-state index contributed by atoms with van der Waals surface area (Å²) in [5, 5.41) is 3.89. The van der Waals surface area contributed by atoms with Gasteiger partial charge in [-0.05, 0) is 55.0 Å². The lowest BCUT2D eigenvalue weighted by molar-refractivity contribution is -0.119. The van der Waals surface area contributed by atoms with Gasteiger partial charge in [0.15, 0.2) is 9.84 Å². The highest BCUT2D eigenvalue weighted by Gasteiger charge is 2.35. The van der Waals surface area contributed by atoms with Crippen LogP contribution in [0.15, 0.2) is 53.1 Å². The Hall–Kier alpha value is -3.27. The number of methoxy groups -OCH3 is 1. The molecule has 1 atom stereocenters. The fourth-order valence-electron chi connectivity index (χ4n) is 3.69. The van der Waals surface area contributed by atoms with Crippen molar-refractivity contribution < 1.29 is 26.9 Å². The number of carbonyl (C=O) groups excluding carboxylic acids is 1. The molecule has 0 bridgehead atoms. The number of anilines is 1. The van der Waals surface area contributed by atoms with Crippen LogP contribution in [0.2, 0.25) is 0 Å². The molecule has 1 amide bonds. The van der Waals surface area contributed by atoms with Gasteiger partial charge in [0.25, 0.3) is 0 Å². The van der Waals surface area contributed by atoms with Crippen LogP contribution >= 0.6 is 0 Å². The summed E-state index contributed by atoms with van der Waals surface area (Å²) in [4.78, 5) is 19.0. The van der Waals surface area contributed by atoms with Gasteiger partial charge in [-0.3, -0.25) is 4.79 Å². The molecule has 1 aromatic heterocycles. The third kappa shape index (κ3) is 4.96. The minimum Gasteiger partial charge on any atom is -0.497 e. The number of ether oxygens (including phenoxy) is 1. The lowest BCUT2D eigenvalue weighted by atomic mass is 10.1. The maximum absolute atomic E-state index is 13.2. The van der Waals surface area contributed by atoms with Gasteiger partial charge < -0.3 is 14.2 Å². The first-order valence-corrected chi connectivity index (χ1v) is 11.9. The number of nitrogens with zero attached hydrogens (tertiary/aromatic N) is 3. The highest BCUT2D eigenvalue weighted by Crippen LogP contribution is 2.27. The van der Waals surface area contributed by atoms with E-state index in [4.69, 9.17) is 9.26 Å². The van der Waals surface area contributed by atoms with Gasteiger partial charge in [0.1, 0.15) is 11.6 Å². The molecule has 1 aliphatic heterocycles. The molecule has 0 radical (unpaired) electrons. The van der Waals surface area contributed by atoms with Crippen molar-refractivity contribution in [2.24, 2.45) is 0 Å². The quantitative estimate of drug-likeness (QED) is 0.535. The summed E-state index contributed by atoms with van der Waals surface area (Å²) in [5.74, 6) is 0.601. The summed E-state index contributed by atoms with van der Waals surface area (Å²) >= 11 is 0. The molecular weight excluding hydrogens is 437 g/mol. The SMILES string of the molecule is COc1ccc(N(C(=O)CCc2nc(-c3ccc(F)cc3)no2)[C@@H]2CCS(=O)(=O)C2)cc1. The van der Waals surface area contributed by atoms with E-state index in [0.29, 0.717) is 29.2 Å². The first-order valence-electron chi connectivity index (χ1n) is 10.1. The number of aryl methyl sites for hydroxylation is 1. The highest BCUT2D eigenvalue weighted by atomic mass is 32.2. The maximum Gasteiger partial charge on any atom is 0.227 e. The lowest BCUT2D eigenvalue weighted by Gasteiger charge is -2.28. The van der Waals surface area contributed by atoms with E-state index in [1.165, 1.54) is 12.1 Å². The van der Waals surface area contributed by atoms with E-state index < -0.39 is 15.9 Å². The number of sulfone groups is 1. The van der Waals surface area contributed by atoms with Crippen molar-refractivity contribution in [2.75, 3.05) is 23.5 Å². The zero-order valence-electron chi connectivity index (χ0n) is 17.4.